The first-order valence-corrected chi connectivity index (χ1v) is 11.9. The van der Waals surface area contributed by atoms with Gasteiger partial charge in [0.1, 0.15) is 11.4 Å². The fraction of sp³-hybridized carbons (Fsp3) is 0.207. The Morgan fingerprint density at radius 3 is 2.50 bits per heavy atom. The standard InChI is InChI=1S/C29H26N4O/c1-4-19(5-2)24-13-12-22-23-16-20(11-14-27(23)34-29(22)32-24)28-31-25-15-18(3)30-17-26(25)33(28)21-9-7-6-8-10-21/h6-17,19H,4-5H2,1-3H3. The molecule has 0 atom stereocenters. The van der Waals surface area contributed by atoms with E-state index in [-0.39, 0.29) is 0 Å². The lowest BCUT2D eigenvalue weighted by Gasteiger charge is -2.10. The summed E-state index contributed by atoms with van der Waals surface area (Å²) in [6, 6.07) is 22.9. The van der Waals surface area contributed by atoms with Gasteiger partial charge in [-0.1, -0.05) is 32.0 Å². The third-order valence-corrected chi connectivity index (χ3v) is 6.71. The number of benzene rings is 2. The molecule has 0 unspecified atom stereocenters. The van der Waals surface area contributed by atoms with Gasteiger partial charge in [-0.3, -0.25) is 9.55 Å². The highest BCUT2D eigenvalue weighted by atomic mass is 16.3. The van der Waals surface area contributed by atoms with Gasteiger partial charge in [0.05, 0.1) is 17.2 Å². The van der Waals surface area contributed by atoms with E-state index in [1.54, 1.807) is 0 Å². The second-order valence-electron chi connectivity index (χ2n) is 8.84. The molecule has 0 fully saturated rings. The number of fused-ring (bicyclic) bond motifs is 4. The SMILES string of the molecule is CCC(CC)c1ccc2c(n1)oc1ccc(-c3nc4cc(C)ncc4n3-c3ccccc3)cc12. The minimum absolute atomic E-state index is 0.455. The highest BCUT2D eigenvalue weighted by molar-refractivity contribution is 6.05. The molecule has 0 bridgehead atoms. The summed E-state index contributed by atoms with van der Waals surface area (Å²) in [7, 11) is 0. The van der Waals surface area contributed by atoms with Gasteiger partial charge in [0.25, 0.3) is 0 Å². The lowest BCUT2D eigenvalue weighted by Crippen LogP contribution is -1.98. The molecular weight excluding hydrogens is 420 g/mol. The maximum absolute atomic E-state index is 6.16. The van der Waals surface area contributed by atoms with Crippen LogP contribution in [0.1, 0.15) is 44.0 Å². The predicted molar refractivity (Wildman–Crippen MR) is 137 cm³/mol. The molecule has 0 aliphatic heterocycles. The summed E-state index contributed by atoms with van der Waals surface area (Å²) in [6.45, 7) is 6.41. The zero-order valence-corrected chi connectivity index (χ0v) is 19.6. The van der Waals surface area contributed by atoms with Crippen LogP contribution >= 0.6 is 0 Å². The first-order valence-electron chi connectivity index (χ1n) is 11.9. The summed E-state index contributed by atoms with van der Waals surface area (Å²) in [5.74, 6) is 1.34. The average Bonchev–Trinajstić information content (AvgIpc) is 3.42. The number of imidazole rings is 1. The van der Waals surface area contributed by atoms with E-state index in [2.05, 4.69) is 59.8 Å². The van der Waals surface area contributed by atoms with Gasteiger partial charge in [-0.2, -0.15) is 0 Å². The zero-order valence-electron chi connectivity index (χ0n) is 19.6. The third-order valence-electron chi connectivity index (χ3n) is 6.71. The Morgan fingerprint density at radius 2 is 1.71 bits per heavy atom. The van der Waals surface area contributed by atoms with Gasteiger partial charge >= 0.3 is 0 Å². The zero-order chi connectivity index (χ0) is 23.2. The maximum atomic E-state index is 6.16. The van der Waals surface area contributed by atoms with Crippen LogP contribution in [-0.2, 0) is 0 Å². The van der Waals surface area contributed by atoms with Crippen LogP contribution in [0.3, 0.4) is 0 Å². The van der Waals surface area contributed by atoms with E-state index in [0.717, 1.165) is 68.7 Å². The summed E-state index contributed by atoms with van der Waals surface area (Å²) in [5, 5.41) is 2.09. The second kappa shape index (κ2) is 8.10. The molecule has 0 radical (unpaired) electrons. The first kappa shape index (κ1) is 20.6. The summed E-state index contributed by atoms with van der Waals surface area (Å²) >= 11 is 0. The molecule has 0 spiro atoms. The summed E-state index contributed by atoms with van der Waals surface area (Å²) < 4.78 is 8.34. The highest BCUT2D eigenvalue weighted by Gasteiger charge is 2.18. The molecule has 6 aromatic rings. The van der Waals surface area contributed by atoms with Crippen molar-refractivity contribution >= 4 is 33.1 Å². The molecule has 0 saturated heterocycles. The Hall–Kier alpha value is -3.99. The van der Waals surface area contributed by atoms with E-state index in [9.17, 15) is 0 Å². The molecule has 0 N–H and O–H groups in total. The molecule has 0 amide bonds. The van der Waals surface area contributed by atoms with Gasteiger partial charge in [0.15, 0.2) is 0 Å². The van der Waals surface area contributed by atoms with Crippen LogP contribution in [0.15, 0.2) is 77.3 Å². The molecule has 6 rings (SSSR count). The fourth-order valence-electron chi connectivity index (χ4n) is 4.85. The van der Waals surface area contributed by atoms with Gasteiger partial charge in [-0.15, -0.1) is 0 Å². The lowest BCUT2D eigenvalue weighted by molar-refractivity contribution is 0.608. The van der Waals surface area contributed by atoms with Crippen LogP contribution in [0.5, 0.6) is 0 Å². The van der Waals surface area contributed by atoms with Crippen molar-refractivity contribution < 1.29 is 4.42 Å². The van der Waals surface area contributed by atoms with Crippen LogP contribution in [-0.4, -0.2) is 19.5 Å². The number of pyridine rings is 2. The number of nitrogens with zero attached hydrogens (tertiary/aromatic N) is 4. The number of rotatable bonds is 5. The van der Waals surface area contributed by atoms with Crippen molar-refractivity contribution in [3.8, 4) is 17.1 Å². The number of aryl methyl sites for hydroxylation is 1. The monoisotopic (exact) mass is 446 g/mol. The van der Waals surface area contributed by atoms with Gasteiger partial charge in [0, 0.05) is 39.3 Å². The number of hydrogen-bond donors (Lipinski definition) is 0. The average molecular weight is 447 g/mol. The van der Waals surface area contributed by atoms with Crippen LogP contribution < -0.4 is 0 Å². The molecule has 4 aromatic heterocycles. The minimum atomic E-state index is 0.455. The quantitative estimate of drug-likeness (QED) is 0.274. The molecule has 4 heterocycles. The van der Waals surface area contributed by atoms with Gasteiger partial charge in [-0.05, 0) is 68.3 Å². The Kier molecular flexibility index (Phi) is 4.91. The van der Waals surface area contributed by atoms with Crippen molar-refractivity contribution in [1.82, 2.24) is 19.5 Å². The Balaban J connectivity index is 1.56. The molecule has 5 heteroatoms. The summed E-state index contributed by atoms with van der Waals surface area (Å²) in [4.78, 5) is 14.4. The molecule has 168 valence electrons. The fourth-order valence-corrected chi connectivity index (χ4v) is 4.85. The Labute approximate surface area is 198 Å². The maximum Gasteiger partial charge on any atom is 0.227 e. The number of furan rings is 1. The van der Waals surface area contributed by atoms with E-state index >= 15 is 0 Å². The van der Waals surface area contributed by atoms with Crippen molar-refractivity contribution in [3.63, 3.8) is 0 Å². The van der Waals surface area contributed by atoms with Crippen molar-refractivity contribution in [2.75, 3.05) is 0 Å². The highest BCUT2D eigenvalue weighted by Crippen LogP contribution is 2.35. The Bertz CT molecular complexity index is 1640. The number of hydrogen-bond acceptors (Lipinski definition) is 4. The van der Waals surface area contributed by atoms with Crippen molar-refractivity contribution in [2.45, 2.75) is 39.5 Å². The predicted octanol–water partition coefficient (Wildman–Crippen LogP) is 7.59. The van der Waals surface area contributed by atoms with Crippen LogP contribution in [0.4, 0.5) is 0 Å². The molecule has 0 saturated carbocycles. The van der Waals surface area contributed by atoms with E-state index in [1.807, 2.05) is 43.5 Å². The van der Waals surface area contributed by atoms with Crippen LogP contribution in [0.2, 0.25) is 0 Å². The number of para-hydroxylation sites is 1. The topological polar surface area (TPSA) is 56.7 Å². The van der Waals surface area contributed by atoms with Gasteiger partial charge in [-0.25, -0.2) is 9.97 Å². The lowest BCUT2D eigenvalue weighted by atomic mass is 9.98. The smallest absolute Gasteiger partial charge is 0.227 e. The van der Waals surface area contributed by atoms with Crippen LogP contribution in [0, 0.1) is 6.92 Å². The van der Waals surface area contributed by atoms with Crippen molar-refractivity contribution in [2.24, 2.45) is 0 Å². The number of aromatic nitrogens is 4. The van der Waals surface area contributed by atoms with Gasteiger partial charge in [0.2, 0.25) is 5.71 Å². The Morgan fingerprint density at radius 1 is 0.882 bits per heavy atom. The molecule has 0 aliphatic rings. The largest absolute Gasteiger partial charge is 0.438 e. The van der Waals surface area contributed by atoms with Crippen LogP contribution in [0.25, 0.3) is 50.2 Å². The van der Waals surface area contributed by atoms with E-state index < -0.39 is 0 Å². The molecule has 5 nitrogen and oxygen atoms in total. The van der Waals surface area contributed by atoms with Gasteiger partial charge < -0.3 is 4.42 Å². The molecular formula is C29H26N4O. The second-order valence-corrected chi connectivity index (χ2v) is 8.84. The molecule has 2 aromatic carbocycles. The normalized spacial score (nSPS) is 11.9. The summed E-state index contributed by atoms with van der Waals surface area (Å²) in [6.07, 6.45) is 4.05. The molecule has 34 heavy (non-hydrogen) atoms. The van der Waals surface area contributed by atoms with E-state index in [1.165, 1.54) is 0 Å². The van der Waals surface area contributed by atoms with Crippen molar-refractivity contribution in [3.05, 3.63) is 84.3 Å². The molecule has 0 aliphatic carbocycles. The first-order chi connectivity index (χ1) is 16.7. The van der Waals surface area contributed by atoms with E-state index in [4.69, 9.17) is 14.4 Å². The minimum Gasteiger partial charge on any atom is -0.438 e. The third kappa shape index (κ3) is 3.27. The van der Waals surface area contributed by atoms with E-state index in [0.29, 0.717) is 11.6 Å². The summed E-state index contributed by atoms with van der Waals surface area (Å²) in [5.41, 5.74) is 7.59. The van der Waals surface area contributed by atoms with Crippen molar-refractivity contribution in [1.29, 1.82) is 0 Å².